The number of nitrogens with two attached hydrogens (primary N) is 1. The summed E-state index contributed by atoms with van der Waals surface area (Å²) in [6.07, 6.45) is 0. The lowest BCUT2D eigenvalue weighted by Crippen LogP contribution is -2.64. The van der Waals surface area contributed by atoms with E-state index in [2.05, 4.69) is 4.90 Å². The van der Waals surface area contributed by atoms with Crippen LogP contribution < -0.4 is 5.73 Å². The van der Waals surface area contributed by atoms with E-state index in [1.54, 1.807) is 34.1 Å². The van der Waals surface area contributed by atoms with Gasteiger partial charge in [-0.2, -0.15) is 0 Å². The summed E-state index contributed by atoms with van der Waals surface area (Å²) in [4.78, 5) is 30.5. The first kappa shape index (κ1) is 13.9. The van der Waals surface area contributed by atoms with Crippen molar-refractivity contribution in [3.05, 3.63) is 29.8 Å². The van der Waals surface area contributed by atoms with Gasteiger partial charge in [-0.25, -0.2) is 0 Å². The zero-order valence-electron chi connectivity index (χ0n) is 12.2. The van der Waals surface area contributed by atoms with E-state index < -0.39 is 0 Å². The molecule has 3 rings (SSSR count). The number of hydrogen-bond donors (Lipinski definition) is 1. The lowest BCUT2D eigenvalue weighted by molar-refractivity contribution is -0.142. The summed E-state index contributed by atoms with van der Waals surface area (Å²) in [6.45, 7) is 3.50. The predicted octanol–water partition coefficient (Wildman–Crippen LogP) is -0.133. The maximum absolute atomic E-state index is 12.5. The predicted molar refractivity (Wildman–Crippen MR) is 79.8 cm³/mol. The second kappa shape index (κ2) is 5.37. The summed E-state index contributed by atoms with van der Waals surface area (Å²) >= 11 is 0. The highest BCUT2D eigenvalue weighted by Crippen LogP contribution is 2.18. The molecule has 6 nitrogen and oxygen atoms in total. The van der Waals surface area contributed by atoms with Crippen molar-refractivity contribution in [3.63, 3.8) is 0 Å². The van der Waals surface area contributed by atoms with E-state index in [0.717, 1.165) is 19.6 Å². The molecule has 2 fully saturated rings. The summed E-state index contributed by atoms with van der Waals surface area (Å²) in [5.74, 6) is 0.0503. The molecule has 2 saturated heterocycles. The van der Waals surface area contributed by atoms with E-state index in [-0.39, 0.29) is 17.9 Å². The van der Waals surface area contributed by atoms with Gasteiger partial charge in [0.25, 0.3) is 5.91 Å². The second-order valence-electron chi connectivity index (χ2n) is 5.69. The Labute approximate surface area is 124 Å². The Morgan fingerprint density at radius 3 is 2.76 bits per heavy atom. The van der Waals surface area contributed by atoms with Crippen molar-refractivity contribution < 1.29 is 9.59 Å². The fraction of sp³-hybridized carbons (Fsp3) is 0.467. The van der Waals surface area contributed by atoms with Crippen LogP contribution in [0.5, 0.6) is 0 Å². The minimum atomic E-state index is -0.206. The number of anilines is 1. The Morgan fingerprint density at radius 1 is 1.24 bits per heavy atom. The summed E-state index contributed by atoms with van der Waals surface area (Å²) in [6, 6.07) is 6.78. The summed E-state index contributed by atoms with van der Waals surface area (Å²) in [5.41, 5.74) is 6.89. The van der Waals surface area contributed by atoms with E-state index in [9.17, 15) is 9.59 Å². The fourth-order valence-corrected chi connectivity index (χ4v) is 3.00. The van der Waals surface area contributed by atoms with Crippen molar-refractivity contribution in [3.8, 4) is 0 Å². The van der Waals surface area contributed by atoms with Crippen LogP contribution in [0.25, 0.3) is 0 Å². The van der Waals surface area contributed by atoms with Gasteiger partial charge in [-0.3, -0.25) is 14.5 Å². The van der Waals surface area contributed by atoms with Crippen LogP contribution in [0, 0.1) is 0 Å². The molecular formula is C15H20N4O2. The highest BCUT2D eigenvalue weighted by atomic mass is 16.2. The van der Waals surface area contributed by atoms with Crippen molar-refractivity contribution in [2.45, 2.75) is 6.04 Å². The van der Waals surface area contributed by atoms with E-state index in [1.807, 2.05) is 7.05 Å². The van der Waals surface area contributed by atoms with Crippen LogP contribution in [0.2, 0.25) is 0 Å². The molecule has 2 N–H and O–H groups in total. The maximum Gasteiger partial charge on any atom is 0.254 e. The third kappa shape index (κ3) is 2.58. The van der Waals surface area contributed by atoms with Gasteiger partial charge in [0, 0.05) is 51.0 Å². The SMILES string of the molecule is CN1CCN2CCN(C(=O)c3cccc(N)c3)C[C@H]2C1=O. The zero-order chi connectivity index (χ0) is 15.0. The number of nitrogen functional groups attached to an aromatic ring is 1. The molecule has 0 radical (unpaired) electrons. The number of benzene rings is 1. The van der Waals surface area contributed by atoms with Crippen LogP contribution in [-0.4, -0.2) is 72.3 Å². The van der Waals surface area contributed by atoms with Crippen LogP contribution >= 0.6 is 0 Å². The molecule has 21 heavy (non-hydrogen) atoms. The molecule has 2 heterocycles. The average molecular weight is 288 g/mol. The Hall–Kier alpha value is -2.08. The highest BCUT2D eigenvalue weighted by molar-refractivity contribution is 5.95. The highest BCUT2D eigenvalue weighted by Gasteiger charge is 2.38. The van der Waals surface area contributed by atoms with E-state index in [1.165, 1.54) is 0 Å². The average Bonchev–Trinajstić information content (AvgIpc) is 2.50. The first-order valence-electron chi connectivity index (χ1n) is 7.20. The third-order valence-corrected chi connectivity index (χ3v) is 4.30. The van der Waals surface area contributed by atoms with Gasteiger partial charge in [-0.15, -0.1) is 0 Å². The number of carbonyl (C=O) groups is 2. The second-order valence-corrected chi connectivity index (χ2v) is 5.69. The molecule has 1 atom stereocenters. The minimum absolute atomic E-state index is 0.0528. The van der Waals surface area contributed by atoms with E-state index in [0.29, 0.717) is 24.3 Å². The molecule has 0 bridgehead atoms. The Kier molecular flexibility index (Phi) is 3.55. The molecule has 1 aromatic carbocycles. The molecule has 0 spiro atoms. The molecule has 2 aliphatic rings. The Morgan fingerprint density at radius 2 is 2.00 bits per heavy atom. The van der Waals surface area contributed by atoms with Crippen LogP contribution in [-0.2, 0) is 4.79 Å². The molecule has 0 unspecified atom stereocenters. The standard InChI is InChI=1S/C15H20N4O2/c1-17-5-6-18-7-8-19(10-13(18)15(17)21)14(20)11-3-2-4-12(16)9-11/h2-4,9,13H,5-8,10,16H2,1H3/t13-/m0/s1. The van der Waals surface area contributed by atoms with Crippen molar-refractivity contribution in [1.29, 1.82) is 0 Å². The first-order chi connectivity index (χ1) is 10.1. The lowest BCUT2D eigenvalue weighted by atomic mass is 10.1. The molecule has 112 valence electrons. The smallest absolute Gasteiger partial charge is 0.254 e. The van der Waals surface area contributed by atoms with Crippen molar-refractivity contribution in [2.75, 3.05) is 45.5 Å². The van der Waals surface area contributed by atoms with Gasteiger partial charge in [0.15, 0.2) is 0 Å². The molecule has 2 aliphatic heterocycles. The van der Waals surface area contributed by atoms with Crippen LogP contribution in [0.1, 0.15) is 10.4 Å². The topological polar surface area (TPSA) is 69.9 Å². The molecule has 0 aromatic heterocycles. The number of hydrogen-bond acceptors (Lipinski definition) is 4. The number of carbonyl (C=O) groups excluding carboxylic acids is 2. The number of fused-ring (bicyclic) bond motifs is 1. The molecule has 0 saturated carbocycles. The summed E-state index contributed by atoms with van der Waals surface area (Å²) < 4.78 is 0. The van der Waals surface area contributed by atoms with Gasteiger partial charge in [-0.05, 0) is 18.2 Å². The normalized spacial score (nSPS) is 23.1. The van der Waals surface area contributed by atoms with Crippen LogP contribution in [0.3, 0.4) is 0 Å². The molecule has 1 aromatic rings. The van der Waals surface area contributed by atoms with Crippen LogP contribution in [0.4, 0.5) is 5.69 Å². The van der Waals surface area contributed by atoms with Crippen molar-refractivity contribution in [2.24, 2.45) is 0 Å². The first-order valence-corrected chi connectivity index (χ1v) is 7.20. The quantitative estimate of drug-likeness (QED) is 0.731. The van der Waals surface area contributed by atoms with E-state index >= 15 is 0 Å². The van der Waals surface area contributed by atoms with Gasteiger partial charge in [0.05, 0.1) is 0 Å². The number of nitrogens with zero attached hydrogens (tertiary/aromatic N) is 3. The molecule has 6 heteroatoms. The third-order valence-electron chi connectivity index (χ3n) is 4.30. The van der Waals surface area contributed by atoms with Gasteiger partial charge in [0.2, 0.25) is 5.91 Å². The number of likely N-dealkylation sites (N-methyl/N-ethyl adjacent to an activating group) is 1. The number of piperazine rings is 2. The summed E-state index contributed by atoms with van der Waals surface area (Å²) in [5, 5.41) is 0. The fourth-order valence-electron chi connectivity index (χ4n) is 3.00. The Bertz CT molecular complexity index is 575. The number of amides is 2. The molecule has 0 aliphatic carbocycles. The number of rotatable bonds is 1. The van der Waals surface area contributed by atoms with Crippen molar-refractivity contribution >= 4 is 17.5 Å². The monoisotopic (exact) mass is 288 g/mol. The van der Waals surface area contributed by atoms with E-state index in [4.69, 9.17) is 5.73 Å². The largest absolute Gasteiger partial charge is 0.399 e. The van der Waals surface area contributed by atoms with Gasteiger partial charge in [0.1, 0.15) is 6.04 Å². The van der Waals surface area contributed by atoms with Crippen LogP contribution in [0.15, 0.2) is 24.3 Å². The van der Waals surface area contributed by atoms with Gasteiger partial charge < -0.3 is 15.5 Å². The molecular weight excluding hydrogens is 268 g/mol. The van der Waals surface area contributed by atoms with Gasteiger partial charge in [-0.1, -0.05) is 6.07 Å². The minimum Gasteiger partial charge on any atom is -0.399 e. The summed E-state index contributed by atoms with van der Waals surface area (Å²) in [7, 11) is 1.82. The zero-order valence-corrected chi connectivity index (χ0v) is 12.2. The van der Waals surface area contributed by atoms with Crippen molar-refractivity contribution in [1.82, 2.24) is 14.7 Å². The van der Waals surface area contributed by atoms with Gasteiger partial charge >= 0.3 is 0 Å². The lowest BCUT2D eigenvalue weighted by Gasteiger charge is -2.45. The Balaban J connectivity index is 1.75. The molecule has 2 amide bonds. The maximum atomic E-state index is 12.5.